The van der Waals surface area contributed by atoms with Crippen LogP contribution in [0, 0.1) is 0 Å². The van der Waals surface area contributed by atoms with Crippen LogP contribution in [0.5, 0.6) is 5.75 Å². The molecule has 1 aliphatic rings. The van der Waals surface area contributed by atoms with Crippen molar-refractivity contribution in [1.29, 1.82) is 0 Å². The Balaban J connectivity index is 1.83. The van der Waals surface area contributed by atoms with E-state index < -0.39 is 6.10 Å². The molecule has 0 saturated carbocycles. The first kappa shape index (κ1) is 15.6. The number of aliphatic hydroxyl groups is 1. The van der Waals surface area contributed by atoms with Crippen molar-refractivity contribution in [3.8, 4) is 5.75 Å². The second-order valence-corrected chi connectivity index (χ2v) is 5.27. The number of likely N-dealkylation sites (N-methyl/N-ethyl adjacent to an activating group) is 1. The van der Waals surface area contributed by atoms with Gasteiger partial charge in [-0.15, -0.1) is 0 Å². The van der Waals surface area contributed by atoms with Crippen LogP contribution in [0.4, 0.5) is 5.69 Å². The van der Waals surface area contributed by atoms with Gasteiger partial charge in [0.25, 0.3) is 0 Å². The number of carbonyl (C=O) groups is 1. The number of hydrogen-bond donors (Lipinski definition) is 3. The predicted octanol–water partition coefficient (Wildman–Crippen LogP) is 0.219. The van der Waals surface area contributed by atoms with Crippen LogP contribution < -0.4 is 15.8 Å². The minimum Gasteiger partial charge on any atom is -0.489 e. The molecule has 21 heavy (non-hydrogen) atoms. The number of nitrogens with two attached hydrogens (primary N) is 1. The quantitative estimate of drug-likeness (QED) is 0.653. The van der Waals surface area contributed by atoms with E-state index in [1.807, 2.05) is 17.0 Å². The van der Waals surface area contributed by atoms with E-state index in [4.69, 9.17) is 10.5 Å². The zero-order valence-corrected chi connectivity index (χ0v) is 12.3. The van der Waals surface area contributed by atoms with Gasteiger partial charge in [0, 0.05) is 13.6 Å². The highest BCUT2D eigenvalue weighted by Crippen LogP contribution is 2.21. The monoisotopic (exact) mass is 293 g/mol. The summed E-state index contributed by atoms with van der Waals surface area (Å²) in [5, 5.41) is 12.8. The number of benzene rings is 1. The first-order valence-corrected chi connectivity index (χ1v) is 7.23. The number of para-hydroxylation sites is 2. The van der Waals surface area contributed by atoms with Crippen LogP contribution >= 0.6 is 0 Å². The third-order valence-corrected chi connectivity index (χ3v) is 3.71. The lowest BCUT2D eigenvalue weighted by Gasteiger charge is -2.25. The zero-order valence-electron chi connectivity index (χ0n) is 12.3. The number of hydrogen-bond acceptors (Lipinski definition) is 5. The normalized spacial score (nSPS) is 20.2. The minimum atomic E-state index is -0.658. The van der Waals surface area contributed by atoms with Crippen LogP contribution in [-0.4, -0.2) is 54.8 Å². The fraction of sp³-hybridized carbons (Fsp3) is 0.533. The highest BCUT2D eigenvalue weighted by Gasteiger charge is 2.31. The van der Waals surface area contributed by atoms with E-state index in [1.54, 1.807) is 19.2 Å². The second-order valence-electron chi connectivity index (χ2n) is 5.27. The molecule has 1 fully saturated rings. The first-order valence-electron chi connectivity index (χ1n) is 7.23. The molecule has 1 aliphatic heterocycles. The van der Waals surface area contributed by atoms with Gasteiger partial charge in [0.15, 0.2) is 0 Å². The van der Waals surface area contributed by atoms with Gasteiger partial charge in [-0.3, -0.25) is 9.69 Å². The number of nitrogens with one attached hydrogen (secondary N) is 1. The van der Waals surface area contributed by atoms with Gasteiger partial charge in [0.05, 0.1) is 11.7 Å². The summed E-state index contributed by atoms with van der Waals surface area (Å²) < 4.78 is 5.53. The molecule has 1 saturated heterocycles. The average molecular weight is 293 g/mol. The van der Waals surface area contributed by atoms with E-state index in [0.29, 0.717) is 18.0 Å². The highest BCUT2D eigenvalue weighted by atomic mass is 16.5. The molecular formula is C15H23N3O3. The minimum absolute atomic E-state index is 0.00734. The van der Waals surface area contributed by atoms with Gasteiger partial charge >= 0.3 is 0 Å². The Kier molecular flexibility index (Phi) is 5.41. The fourth-order valence-corrected chi connectivity index (χ4v) is 2.63. The second kappa shape index (κ2) is 7.28. The van der Waals surface area contributed by atoms with Crippen LogP contribution in [0.15, 0.2) is 24.3 Å². The van der Waals surface area contributed by atoms with Gasteiger partial charge in [0.2, 0.25) is 5.91 Å². The van der Waals surface area contributed by atoms with Gasteiger partial charge in [-0.1, -0.05) is 12.1 Å². The number of carbonyl (C=O) groups excluding carboxylic acids is 1. The molecule has 116 valence electrons. The summed E-state index contributed by atoms with van der Waals surface area (Å²) in [7, 11) is 1.64. The number of ether oxygens (including phenoxy) is 1. The molecular weight excluding hydrogens is 270 g/mol. The van der Waals surface area contributed by atoms with E-state index in [-0.39, 0.29) is 18.6 Å². The van der Waals surface area contributed by atoms with Crippen molar-refractivity contribution in [2.75, 3.05) is 32.5 Å². The lowest BCUT2D eigenvalue weighted by molar-refractivity contribution is -0.125. The number of likely N-dealkylation sites (tertiary alicyclic amines) is 1. The van der Waals surface area contributed by atoms with Crippen LogP contribution in [0.2, 0.25) is 0 Å². The Morgan fingerprint density at radius 2 is 2.33 bits per heavy atom. The summed E-state index contributed by atoms with van der Waals surface area (Å²) in [5.74, 6) is 0.578. The number of nitrogen functional groups attached to an aromatic ring is 1. The van der Waals surface area contributed by atoms with E-state index in [2.05, 4.69) is 5.32 Å². The van der Waals surface area contributed by atoms with E-state index in [9.17, 15) is 9.90 Å². The van der Waals surface area contributed by atoms with Crippen molar-refractivity contribution in [1.82, 2.24) is 10.2 Å². The molecule has 0 bridgehead atoms. The predicted molar refractivity (Wildman–Crippen MR) is 81.0 cm³/mol. The SMILES string of the molecule is CNC(=O)C1CCCN1CC(O)COc1ccccc1N. The van der Waals surface area contributed by atoms with Crippen molar-refractivity contribution in [3.05, 3.63) is 24.3 Å². The molecule has 0 aromatic heterocycles. The molecule has 1 amide bonds. The third kappa shape index (κ3) is 4.09. The molecule has 1 aromatic carbocycles. The fourth-order valence-electron chi connectivity index (χ4n) is 2.63. The van der Waals surface area contributed by atoms with Gasteiger partial charge in [-0.05, 0) is 31.5 Å². The Labute approximate surface area is 124 Å². The Morgan fingerprint density at radius 3 is 3.05 bits per heavy atom. The Bertz CT molecular complexity index is 481. The summed E-state index contributed by atoms with van der Waals surface area (Å²) in [6, 6.07) is 7.04. The first-order chi connectivity index (χ1) is 10.1. The van der Waals surface area contributed by atoms with Crippen LogP contribution in [0.1, 0.15) is 12.8 Å². The van der Waals surface area contributed by atoms with Crippen molar-refractivity contribution in [3.63, 3.8) is 0 Å². The number of amides is 1. The summed E-state index contributed by atoms with van der Waals surface area (Å²) in [4.78, 5) is 13.7. The van der Waals surface area contributed by atoms with Crippen LogP contribution in [-0.2, 0) is 4.79 Å². The van der Waals surface area contributed by atoms with E-state index in [0.717, 1.165) is 19.4 Å². The molecule has 1 aromatic rings. The number of aliphatic hydroxyl groups excluding tert-OH is 1. The standard InChI is InChI=1S/C15H23N3O3/c1-17-15(20)13-6-4-8-18(13)9-11(19)10-21-14-7-3-2-5-12(14)16/h2-3,5,7,11,13,19H,4,6,8-10,16H2,1H3,(H,17,20). The largest absolute Gasteiger partial charge is 0.489 e. The molecule has 6 nitrogen and oxygen atoms in total. The van der Waals surface area contributed by atoms with Crippen molar-refractivity contribution >= 4 is 11.6 Å². The maximum absolute atomic E-state index is 11.7. The molecule has 1 heterocycles. The summed E-state index contributed by atoms with van der Waals surface area (Å²) in [6.45, 7) is 1.40. The molecule has 2 unspecified atom stereocenters. The molecule has 0 radical (unpaired) electrons. The van der Waals surface area contributed by atoms with Gasteiger partial charge < -0.3 is 20.9 Å². The molecule has 4 N–H and O–H groups in total. The highest BCUT2D eigenvalue weighted by molar-refractivity contribution is 5.81. The van der Waals surface area contributed by atoms with Crippen molar-refractivity contribution in [2.24, 2.45) is 0 Å². The Hall–Kier alpha value is -1.79. The summed E-state index contributed by atoms with van der Waals surface area (Å²) in [5.41, 5.74) is 6.33. The number of β-amino-alcohol motifs (C(OH)–C–C–N with tert-alkyl or cyclic N) is 1. The Morgan fingerprint density at radius 1 is 1.57 bits per heavy atom. The number of nitrogens with zero attached hydrogens (tertiary/aromatic N) is 1. The van der Waals surface area contributed by atoms with Crippen molar-refractivity contribution < 1.29 is 14.6 Å². The number of rotatable bonds is 6. The molecule has 6 heteroatoms. The van der Waals surface area contributed by atoms with E-state index in [1.165, 1.54) is 0 Å². The third-order valence-electron chi connectivity index (χ3n) is 3.71. The number of anilines is 1. The smallest absolute Gasteiger partial charge is 0.237 e. The van der Waals surface area contributed by atoms with Gasteiger partial charge in [0.1, 0.15) is 18.5 Å². The van der Waals surface area contributed by atoms with Gasteiger partial charge in [-0.25, -0.2) is 0 Å². The van der Waals surface area contributed by atoms with E-state index >= 15 is 0 Å². The maximum Gasteiger partial charge on any atom is 0.237 e. The summed E-state index contributed by atoms with van der Waals surface area (Å²) >= 11 is 0. The molecule has 0 spiro atoms. The molecule has 2 atom stereocenters. The topological polar surface area (TPSA) is 87.8 Å². The molecule has 2 rings (SSSR count). The van der Waals surface area contributed by atoms with Crippen molar-refractivity contribution in [2.45, 2.75) is 25.0 Å². The molecule has 0 aliphatic carbocycles. The maximum atomic E-state index is 11.7. The lowest BCUT2D eigenvalue weighted by Crippen LogP contribution is -2.45. The van der Waals surface area contributed by atoms with Crippen LogP contribution in [0.25, 0.3) is 0 Å². The zero-order chi connectivity index (χ0) is 15.2. The van der Waals surface area contributed by atoms with Gasteiger partial charge in [-0.2, -0.15) is 0 Å². The summed E-state index contributed by atoms with van der Waals surface area (Å²) in [6.07, 6.45) is 1.14. The average Bonchev–Trinajstić information content (AvgIpc) is 2.93. The lowest BCUT2D eigenvalue weighted by atomic mass is 10.2. The van der Waals surface area contributed by atoms with Crippen LogP contribution in [0.3, 0.4) is 0 Å².